The number of nitrogens with zero attached hydrogens (tertiary/aromatic N) is 3. The van der Waals surface area contributed by atoms with Gasteiger partial charge in [0.05, 0.1) is 17.8 Å². The lowest BCUT2D eigenvalue weighted by Crippen LogP contribution is -2.44. The first-order valence-corrected chi connectivity index (χ1v) is 8.75. The molecule has 0 bridgehead atoms. The van der Waals surface area contributed by atoms with Gasteiger partial charge < -0.3 is 10.2 Å². The van der Waals surface area contributed by atoms with E-state index in [0.717, 1.165) is 48.6 Å². The third-order valence-corrected chi connectivity index (χ3v) is 5.10. The van der Waals surface area contributed by atoms with Crippen molar-refractivity contribution in [3.8, 4) is 5.69 Å². The second kappa shape index (κ2) is 8.64. The van der Waals surface area contributed by atoms with E-state index in [1.165, 1.54) is 12.1 Å². The van der Waals surface area contributed by atoms with Gasteiger partial charge in [0.15, 0.2) is 0 Å². The van der Waals surface area contributed by atoms with E-state index in [2.05, 4.69) is 10.4 Å². The first-order valence-electron chi connectivity index (χ1n) is 8.75. The van der Waals surface area contributed by atoms with Crippen molar-refractivity contribution in [1.29, 1.82) is 0 Å². The van der Waals surface area contributed by atoms with E-state index in [0.29, 0.717) is 12.5 Å². The summed E-state index contributed by atoms with van der Waals surface area (Å²) in [6.07, 6.45) is 2.35. The summed E-state index contributed by atoms with van der Waals surface area (Å²) in [7, 11) is 1.97. The van der Waals surface area contributed by atoms with Crippen LogP contribution in [0.25, 0.3) is 5.69 Å². The van der Waals surface area contributed by atoms with Crippen molar-refractivity contribution in [3.63, 3.8) is 0 Å². The van der Waals surface area contributed by atoms with Gasteiger partial charge in [0.2, 0.25) is 5.91 Å². The normalized spacial score (nSPS) is 15.0. The SMILES string of the molecule is CNC1CCN(C(=O)Cc2c(C)nn(-c3ccc(F)cc3)c2C)CC1.Cl. The van der Waals surface area contributed by atoms with Gasteiger partial charge in [-0.2, -0.15) is 5.10 Å². The molecule has 0 saturated carbocycles. The lowest BCUT2D eigenvalue weighted by molar-refractivity contribution is -0.131. The molecule has 1 aromatic carbocycles. The highest BCUT2D eigenvalue weighted by Gasteiger charge is 2.24. The fraction of sp³-hybridized carbons (Fsp3) is 0.474. The van der Waals surface area contributed by atoms with Crippen molar-refractivity contribution in [1.82, 2.24) is 20.0 Å². The molecular formula is C19H26ClFN4O. The Morgan fingerprint density at radius 1 is 1.23 bits per heavy atom. The second-order valence-corrected chi connectivity index (χ2v) is 6.66. The molecule has 142 valence electrons. The number of aromatic nitrogens is 2. The fourth-order valence-corrected chi connectivity index (χ4v) is 3.45. The summed E-state index contributed by atoms with van der Waals surface area (Å²) in [6, 6.07) is 6.74. The van der Waals surface area contributed by atoms with E-state index >= 15 is 0 Å². The maximum atomic E-state index is 13.1. The van der Waals surface area contributed by atoms with E-state index in [1.54, 1.807) is 16.8 Å². The molecule has 7 heteroatoms. The number of halogens is 2. The van der Waals surface area contributed by atoms with Crippen LogP contribution in [0.3, 0.4) is 0 Å². The Hall–Kier alpha value is -1.92. The zero-order chi connectivity index (χ0) is 18.0. The number of likely N-dealkylation sites (tertiary alicyclic amines) is 1. The van der Waals surface area contributed by atoms with Gasteiger partial charge in [-0.25, -0.2) is 9.07 Å². The number of hydrogen-bond donors (Lipinski definition) is 1. The average Bonchev–Trinajstić information content (AvgIpc) is 2.90. The summed E-state index contributed by atoms with van der Waals surface area (Å²) < 4.78 is 14.9. The van der Waals surface area contributed by atoms with Gasteiger partial charge in [0.1, 0.15) is 5.82 Å². The number of carbonyl (C=O) groups is 1. The van der Waals surface area contributed by atoms with Crippen molar-refractivity contribution in [2.75, 3.05) is 20.1 Å². The lowest BCUT2D eigenvalue weighted by atomic mass is 10.0. The van der Waals surface area contributed by atoms with E-state index in [9.17, 15) is 9.18 Å². The van der Waals surface area contributed by atoms with Crippen molar-refractivity contribution < 1.29 is 9.18 Å². The largest absolute Gasteiger partial charge is 0.342 e. The number of benzene rings is 1. The van der Waals surface area contributed by atoms with Gasteiger partial charge in [-0.1, -0.05) is 0 Å². The first-order chi connectivity index (χ1) is 12.0. The summed E-state index contributed by atoms with van der Waals surface area (Å²) in [5, 5.41) is 7.83. The smallest absolute Gasteiger partial charge is 0.227 e. The van der Waals surface area contributed by atoms with Crippen LogP contribution >= 0.6 is 12.4 Å². The summed E-state index contributed by atoms with van der Waals surface area (Å²) in [6.45, 7) is 5.48. The number of aryl methyl sites for hydroxylation is 1. The van der Waals surface area contributed by atoms with Gasteiger partial charge >= 0.3 is 0 Å². The maximum absolute atomic E-state index is 13.1. The molecule has 0 radical (unpaired) electrons. The van der Waals surface area contributed by atoms with Gasteiger partial charge in [-0.05, 0) is 58.0 Å². The van der Waals surface area contributed by atoms with Crippen molar-refractivity contribution >= 4 is 18.3 Å². The predicted octanol–water partition coefficient (Wildman–Crippen LogP) is 2.80. The third kappa shape index (κ3) is 4.24. The molecule has 26 heavy (non-hydrogen) atoms. The van der Waals surface area contributed by atoms with E-state index in [1.807, 2.05) is 25.8 Å². The van der Waals surface area contributed by atoms with Crippen LogP contribution in [0.15, 0.2) is 24.3 Å². The summed E-state index contributed by atoms with van der Waals surface area (Å²) in [5.41, 5.74) is 3.54. The number of carbonyl (C=O) groups excluding carboxylic acids is 1. The highest BCUT2D eigenvalue weighted by molar-refractivity contribution is 5.85. The molecule has 5 nitrogen and oxygen atoms in total. The highest BCUT2D eigenvalue weighted by atomic mass is 35.5. The molecule has 1 aliphatic rings. The Labute approximate surface area is 160 Å². The third-order valence-electron chi connectivity index (χ3n) is 5.10. The summed E-state index contributed by atoms with van der Waals surface area (Å²) >= 11 is 0. The van der Waals surface area contributed by atoms with Crippen LogP contribution in [-0.4, -0.2) is 46.8 Å². The Morgan fingerprint density at radius 2 is 1.85 bits per heavy atom. The zero-order valence-corrected chi connectivity index (χ0v) is 16.3. The number of amides is 1. The molecule has 1 aliphatic heterocycles. The Bertz CT molecular complexity index is 752. The first kappa shape index (κ1) is 20.4. The molecular weight excluding hydrogens is 355 g/mol. The zero-order valence-electron chi connectivity index (χ0n) is 15.5. The second-order valence-electron chi connectivity index (χ2n) is 6.66. The Balaban J connectivity index is 0.00000243. The molecule has 1 N–H and O–H groups in total. The molecule has 1 fully saturated rings. The van der Waals surface area contributed by atoms with Crippen LogP contribution in [0.1, 0.15) is 29.8 Å². The lowest BCUT2D eigenvalue weighted by Gasteiger charge is -2.32. The molecule has 0 spiro atoms. The van der Waals surface area contributed by atoms with Gasteiger partial charge in [-0.15, -0.1) is 12.4 Å². The van der Waals surface area contributed by atoms with E-state index < -0.39 is 0 Å². The molecule has 2 aromatic rings. The van der Waals surface area contributed by atoms with Crippen molar-refractivity contribution in [2.45, 2.75) is 39.2 Å². The number of piperidine rings is 1. The topological polar surface area (TPSA) is 50.2 Å². The molecule has 1 amide bonds. The van der Waals surface area contributed by atoms with Gasteiger partial charge in [-0.3, -0.25) is 4.79 Å². The number of nitrogens with one attached hydrogen (secondary N) is 1. The molecule has 3 rings (SSSR count). The number of rotatable bonds is 4. The Kier molecular flexibility index (Phi) is 6.78. The van der Waals surface area contributed by atoms with Crippen molar-refractivity contribution in [2.24, 2.45) is 0 Å². The standard InChI is InChI=1S/C19H25FN4O.ClH/c1-13-18(12-19(25)23-10-8-16(21-3)9-11-23)14(2)24(22-13)17-6-4-15(20)5-7-17;/h4-7,16,21H,8-12H2,1-3H3;1H. The molecule has 0 atom stereocenters. The van der Waals surface area contributed by atoms with Gasteiger partial charge in [0, 0.05) is 30.4 Å². The minimum atomic E-state index is -0.273. The summed E-state index contributed by atoms with van der Waals surface area (Å²) in [5.74, 6) is -0.120. The highest BCUT2D eigenvalue weighted by Crippen LogP contribution is 2.20. The molecule has 2 heterocycles. The van der Waals surface area contributed by atoms with Crippen molar-refractivity contribution in [3.05, 3.63) is 47.0 Å². The molecule has 0 unspecified atom stereocenters. The fourth-order valence-electron chi connectivity index (χ4n) is 3.45. The van der Waals surface area contributed by atoms with Crippen LogP contribution in [-0.2, 0) is 11.2 Å². The summed E-state index contributed by atoms with van der Waals surface area (Å²) in [4.78, 5) is 14.6. The maximum Gasteiger partial charge on any atom is 0.227 e. The molecule has 1 aromatic heterocycles. The number of hydrogen-bond acceptors (Lipinski definition) is 3. The van der Waals surface area contributed by atoms with Crippen LogP contribution in [0, 0.1) is 19.7 Å². The minimum Gasteiger partial charge on any atom is -0.342 e. The quantitative estimate of drug-likeness (QED) is 0.887. The monoisotopic (exact) mass is 380 g/mol. The van der Waals surface area contributed by atoms with E-state index in [-0.39, 0.29) is 24.1 Å². The van der Waals surface area contributed by atoms with E-state index in [4.69, 9.17) is 0 Å². The molecule has 0 aliphatic carbocycles. The minimum absolute atomic E-state index is 0. The van der Waals surface area contributed by atoms with Crippen LogP contribution in [0.4, 0.5) is 4.39 Å². The van der Waals surface area contributed by atoms with Crippen LogP contribution < -0.4 is 5.32 Å². The Morgan fingerprint density at radius 3 is 2.42 bits per heavy atom. The molecule has 1 saturated heterocycles. The average molecular weight is 381 g/mol. The van der Waals surface area contributed by atoms with Crippen LogP contribution in [0.5, 0.6) is 0 Å². The van der Waals surface area contributed by atoms with Gasteiger partial charge in [0.25, 0.3) is 0 Å². The predicted molar refractivity (Wildman–Crippen MR) is 103 cm³/mol. The van der Waals surface area contributed by atoms with Crippen LogP contribution in [0.2, 0.25) is 0 Å².